The lowest BCUT2D eigenvalue weighted by Gasteiger charge is -2.14. The van der Waals surface area contributed by atoms with Gasteiger partial charge in [0.25, 0.3) is 0 Å². The van der Waals surface area contributed by atoms with Gasteiger partial charge in [-0.1, -0.05) is 6.92 Å². The van der Waals surface area contributed by atoms with Crippen LogP contribution < -0.4 is 11.3 Å². The van der Waals surface area contributed by atoms with Crippen LogP contribution >= 0.6 is 0 Å². The van der Waals surface area contributed by atoms with E-state index in [1.54, 1.807) is 12.4 Å². The molecular weight excluding hydrogens is 216 g/mol. The molecule has 1 unspecified atom stereocenters. The molecule has 2 aromatic rings. The summed E-state index contributed by atoms with van der Waals surface area (Å²) in [6.45, 7) is 3.12. The molecule has 0 fully saturated rings. The molecule has 6 heteroatoms. The van der Waals surface area contributed by atoms with E-state index in [0.29, 0.717) is 0 Å². The van der Waals surface area contributed by atoms with Gasteiger partial charge in [0.2, 0.25) is 0 Å². The minimum absolute atomic E-state index is 0.0389. The molecule has 0 bridgehead atoms. The predicted octanol–water partition coefficient (Wildman–Crippen LogP) is 0.763. The quantitative estimate of drug-likeness (QED) is 0.509. The van der Waals surface area contributed by atoms with Gasteiger partial charge in [0.15, 0.2) is 0 Å². The summed E-state index contributed by atoms with van der Waals surface area (Å²) in [4.78, 5) is 11.6. The van der Waals surface area contributed by atoms with Gasteiger partial charge in [0.1, 0.15) is 11.6 Å². The molecule has 6 nitrogen and oxygen atoms in total. The summed E-state index contributed by atoms with van der Waals surface area (Å²) < 4.78 is 2.15. The number of hydrazine groups is 1. The minimum atomic E-state index is -0.0389. The summed E-state index contributed by atoms with van der Waals surface area (Å²) in [7, 11) is 0. The number of hydrogen-bond donors (Lipinski definition) is 3. The van der Waals surface area contributed by atoms with E-state index in [-0.39, 0.29) is 6.04 Å². The molecule has 2 rings (SSSR count). The molecule has 0 aliphatic heterocycles. The van der Waals surface area contributed by atoms with Crippen LogP contribution in [0.2, 0.25) is 0 Å². The van der Waals surface area contributed by atoms with E-state index in [0.717, 1.165) is 31.0 Å². The van der Waals surface area contributed by atoms with Gasteiger partial charge in [0.05, 0.1) is 6.04 Å². The number of imidazole rings is 2. The normalized spacial score (nSPS) is 12.8. The van der Waals surface area contributed by atoms with Gasteiger partial charge in [-0.05, 0) is 6.42 Å². The van der Waals surface area contributed by atoms with E-state index in [1.807, 2.05) is 12.4 Å². The van der Waals surface area contributed by atoms with Crippen molar-refractivity contribution >= 4 is 0 Å². The van der Waals surface area contributed by atoms with Crippen molar-refractivity contribution < 1.29 is 0 Å². The van der Waals surface area contributed by atoms with Crippen molar-refractivity contribution in [3.05, 3.63) is 36.4 Å². The molecule has 0 spiro atoms. The zero-order chi connectivity index (χ0) is 12.1. The molecule has 92 valence electrons. The van der Waals surface area contributed by atoms with Gasteiger partial charge in [-0.25, -0.2) is 15.4 Å². The molecule has 2 aromatic heterocycles. The van der Waals surface area contributed by atoms with E-state index >= 15 is 0 Å². The first kappa shape index (κ1) is 11.8. The van der Waals surface area contributed by atoms with E-state index in [9.17, 15) is 0 Å². The third kappa shape index (κ3) is 2.72. The molecule has 2 heterocycles. The maximum Gasteiger partial charge on any atom is 0.125 e. The molecule has 17 heavy (non-hydrogen) atoms. The van der Waals surface area contributed by atoms with Crippen molar-refractivity contribution in [1.82, 2.24) is 24.9 Å². The number of H-pyrrole nitrogens is 1. The van der Waals surface area contributed by atoms with Crippen molar-refractivity contribution in [1.29, 1.82) is 0 Å². The second-order valence-electron chi connectivity index (χ2n) is 3.93. The summed E-state index contributed by atoms with van der Waals surface area (Å²) in [5.74, 6) is 7.41. The Bertz CT molecular complexity index is 433. The average Bonchev–Trinajstić information content (AvgIpc) is 2.97. The van der Waals surface area contributed by atoms with Crippen LogP contribution in [-0.2, 0) is 13.0 Å². The van der Waals surface area contributed by atoms with Crippen molar-refractivity contribution in [2.75, 3.05) is 0 Å². The molecule has 0 saturated carbocycles. The highest BCUT2D eigenvalue weighted by Crippen LogP contribution is 2.13. The maximum atomic E-state index is 5.56. The first-order chi connectivity index (χ1) is 8.35. The Hall–Kier alpha value is -1.66. The lowest BCUT2D eigenvalue weighted by Crippen LogP contribution is -2.31. The Labute approximate surface area is 100 Å². The van der Waals surface area contributed by atoms with Crippen molar-refractivity contribution in [3.63, 3.8) is 0 Å². The molecule has 1 atom stereocenters. The number of nitrogens with one attached hydrogen (secondary N) is 2. The van der Waals surface area contributed by atoms with Crippen LogP contribution in [0.25, 0.3) is 0 Å². The number of rotatable bonds is 6. The first-order valence-electron chi connectivity index (χ1n) is 5.80. The Balaban J connectivity index is 2.10. The zero-order valence-corrected chi connectivity index (χ0v) is 9.93. The van der Waals surface area contributed by atoms with Gasteiger partial charge in [-0.15, -0.1) is 0 Å². The fourth-order valence-electron chi connectivity index (χ4n) is 1.86. The van der Waals surface area contributed by atoms with Gasteiger partial charge < -0.3 is 9.55 Å². The summed E-state index contributed by atoms with van der Waals surface area (Å²) >= 11 is 0. The number of aromatic amines is 1. The smallest absolute Gasteiger partial charge is 0.125 e. The van der Waals surface area contributed by atoms with Crippen molar-refractivity contribution in [2.24, 2.45) is 5.84 Å². The van der Waals surface area contributed by atoms with Crippen LogP contribution in [0.15, 0.2) is 24.8 Å². The third-order valence-corrected chi connectivity index (χ3v) is 2.70. The highest BCUT2D eigenvalue weighted by molar-refractivity contribution is 5.02. The van der Waals surface area contributed by atoms with E-state index < -0.39 is 0 Å². The average molecular weight is 234 g/mol. The summed E-state index contributed by atoms with van der Waals surface area (Å²) in [5, 5.41) is 0. The largest absolute Gasteiger partial charge is 0.347 e. The number of aryl methyl sites for hydroxylation is 1. The Morgan fingerprint density at radius 3 is 3.00 bits per heavy atom. The summed E-state index contributed by atoms with van der Waals surface area (Å²) in [6.07, 6.45) is 9.13. The molecule has 0 aliphatic carbocycles. The van der Waals surface area contributed by atoms with E-state index in [1.165, 1.54) is 0 Å². The number of hydrogen-bond acceptors (Lipinski definition) is 4. The van der Waals surface area contributed by atoms with Gasteiger partial charge in [0, 0.05) is 37.8 Å². The number of nitrogens with two attached hydrogens (primary N) is 1. The zero-order valence-electron chi connectivity index (χ0n) is 9.93. The molecular formula is C11H18N6. The van der Waals surface area contributed by atoms with Crippen LogP contribution in [0.5, 0.6) is 0 Å². The van der Waals surface area contributed by atoms with Crippen LogP contribution in [0.4, 0.5) is 0 Å². The highest BCUT2D eigenvalue weighted by atomic mass is 15.3. The first-order valence-corrected chi connectivity index (χ1v) is 5.80. The molecule has 4 N–H and O–H groups in total. The lowest BCUT2D eigenvalue weighted by molar-refractivity contribution is 0.498. The Kier molecular flexibility index (Phi) is 3.89. The van der Waals surface area contributed by atoms with Crippen LogP contribution in [0, 0.1) is 0 Å². The topological polar surface area (TPSA) is 84.6 Å². The Morgan fingerprint density at radius 2 is 2.35 bits per heavy atom. The third-order valence-electron chi connectivity index (χ3n) is 2.70. The monoisotopic (exact) mass is 234 g/mol. The Morgan fingerprint density at radius 1 is 1.47 bits per heavy atom. The fraction of sp³-hybridized carbons (Fsp3) is 0.455. The highest BCUT2D eigenvalue weighted by Gasteiger charge is 2.15. The van der Waals surface area contributed by atoms with E-state index in [2.05, 4.69) is 31.9 Å². The van der Waals surface area contributed by atoms with E-state index in [4.69, 9.17) is 5.84 Å². The maximum absolute atomic E-state index is 5.56. The van der Waals surface area contributed by atoms with Crippen LogP contribution in [0.1, 0.15) is 31.0 Å². The number of nitrogens with zero attached hydrogens (tertiary/aromatic N) is 3. The summed E-state index contributed by atoms with van der Waals surface area (Å²) in [5.41, 5.74) is 2.76. The molecule has 0 aromatic carbocycles. The second kappa shape index (κ2) is 5.60. The minimum Gasteiger partial charge on any atom is -0.347 e. The molecule has 0 radical (unpaired) electrons. The van der Waals surface area contributed by atoms with Crippen molar-refractivity contribution in [3.8, 4) is 0 Å². The van der Waals surface area contributed by atoms with Crippen LogP contribution in [0.3, 0.4) is 0 Å². The second-order valence-corrected chi connectivity index (χ2v) is 3.93. The fourth-order valence-corrected chi connectivity index (χ4v) is 1.86. The van der Waals surface area contributed by atoms with Crippen molar-refractivity contribution in [2.45, 2.75) is 32.4 Å². The molecule has 0 saturated heterocycles. The van der Waals surface area contributed by atoms with Gasteiger partial charge in [-0.3, -0.25) is 5.84 Å². The molecule has 0 aliphatic rings. The molecule has 0 amide bonds. The SMILES string of the molecule is CCCn1ccnc1CC(NN)c1ncc[nH]1. The summed E-state index contributed by atoms with van der Waals surface area (Å²) in [6, 6.07) is -0.0389. The van der Waals surface area contributed by atoms with Gasteiger partial charge in [-0.2, -0.15) is 0 Å². The standard InChI is InChI=1S/C11H18N6/c1-2-6-17-7-5-13-10(17)8-9(16-12)11-14-3-4-15-11/h3-5,7,9,16H,2,6,8,12H2,1H3,(H,14,15). The van der Waals surface area contributed by atoms with Gasteiger partial charge >= 0.3 is 0 Å². The lowest BCUT2D eigenvalue weighted by atomic mass is 10.2. The predicted molar refractivity (Wildman–Crippen MR) is 64.9 cm³/mol. The number of aromatic nitrogens is 4. The van der Waals surface area contributed by atoms with Crippen LogP contribution in [-0.4, -0.2) is 19.5 Å².